The van der Waals surface area contributed by atoms with Crippen molar-refractivity contribution in [1.82, 2.24) is 9.97 Å². The molecular weight excluding hydrogens is 659 g/mol. The number of carbonyl (C=O) groups excluding carboxylic acids is 1. The number of carbonyl (C=O) groups is 1. The molecule has 5 aromatic rings. The lowest BCUT2D eigenvalue weighted by atomic mass is 9.68. The Morgan fingerprint density at radius 1 is 0.977 bits per heavy atom. The summed E-state index contributed by atoms with van der Waals surface area (Å²) in [5.74, 6) is 1.60. The molecule has 1 aliphatic rings. The Balaban J connectivity index is 1.26. The van der Waals surface area contributed by atoms with Crippen LogP contribution in [0.25, 0.3) is 0 Å². The number of benzene rings is 4. The first-order chi connectivity index (χ1) is 21.5. The molecule has 6 heteroatoms. The second kappa shape index (κ2) is 13.4. The van der Waals surface area contributed by atoms with Crippen molar-refractivity contribution in [2.45, 2.75) is 57.5 Å². The summed E-state index contributed by atoms with van der Waals surface area (Å²) in [5, 5.41) is 0. The first-order valence-corrected chi connectivity index (χ1v) is 16.4. The van der Waals surface area contributed by atoms with Gasteiger partial charge in [0.15, 0.2) is 0 Å². The van der Waals surface area contributed by atoms with Crippen LogP contribution in [0.15, 0.2) is 103 Å². The Bertz CT molecular complexity index is 1690. The molecule has 5 nitrogen and oxygen atoms in total. The molecular formula is C38H37IN2O3. The van der Waals surface area contributed by atoms with E-state index in [4.69, 9.17) is 14.5 Å². The molecule has 44 heavy (non-hydrogen) atoms. The van der Waals surface area contributed by atoms with Gasteiger partial charge in [0.1, 0.15) is 23.1 Å². The molecule has 1 atom stereocenters. The van der Waals surface area contributed by atoms with E-state index in [0.717, 1.165) is 53.2 Å². The summed E-state index contributed by atoms with van der Waals surface area (Å²) in [6, 6.07) is 34.1. The fourth-order valence-corrected chi connectivity index (χ4v) is 7.07. The maximum atomic E-state index is 12.0. The number of aryl methyl sites for hydroxylation is 2. The number of esters is 1. The lowest BCUT2D eigenvalue weighted by Crippen LogP contribution is -2.33. The first kappa shape index (κ1) is 30.1. The monoisotopic (exact) mass is 696 g/mol. The van der Waals surface area contributed by atoms with E-state index in [0.29, 0.717) is 19.4 Å². The molecule has 6 rings (SSSR count). The van der Waals surface area contributed by atoms with E-state index in [1.807, 2.05) is 25.3 Å². The Labute approximate surface area is 273 Å². The summed E-state index contributed by atoms with van der Waals surface area (Å²) >= 11 is 2.45. The van der Waals surface area contributed by atoms with Gasteiger partial charge in [-0.15, -0.1) is 0 Å². The molecule has 224 valence electrons. The number of rotatable bonds is 11. The second-order valence-electron chi connectivity index (χ2n) is 11.4. The third-order valence-corrected chi connectivity index (χ3v) is 9.37. The summed E-state index contributed by atoms with van der Waals surface area (Å²) in [7, 11) is 0. The van der Waals surface area contributed by atoms with Crippen molar-refractivity contribution < 1.29 is 14.3 Å². The van der Waals surface area contributed by atoms with E-state index in [1.165, 1.54) is 20.3 Å². The zero-order chi connectivity index (χ0) is 30.5. The number of fused-ring (bicyclic) bond motifs is 1. The molecule has 0 bridgehead atoms. The highest BCUT2D eigenvalue weighted by Crippen LogP contribution is 2.45. The van der Waals surface area contributed by atoms with Gasteiger partial charge in [-0.05, 0) is 94.8 Å². The lowest BCUT2D eigenvalue weighted by molar-refractivity contribution is -0.149. The molecule has 0 unspecified atom stereocenters. The fourth-order valence-electron chi connectivity index (χ4n) is 6.33. The number of nitrogens with zero attached hydrogens (tertiary/aromatic N) is 1. The number of halogens is 1. The van der Waals surface area contributed by atoms with Crippen molar-refractivity contribution in [3.63, 3.8) is 0 Å². The fraction of sp³-hybridized carbons (Fsp3) is 0.263. The van der Waals surface area contributed by atoms with Crippen molar-refractivity contribution in [2.24, 2.45) is 0 Å². The van der Waals surface area contributed by atoms with Crippen LogP contribution in [-0.4, -0.2) is 22.5 Å². The number of ether oxygens (including phenoxy) is 2. The van der Waals surface area contributed by atoms with Gasteiger partial charge in [-0.2, -0.15) is 0 Å². The highest BCUT2D eigenvalue weighted by molar-refractivity contribution is 14.1. The largest absolute Gasteiger partial charge is 0.493 e. The van der Waals surface area contributed by atoms with Gasteiger partial charge in [-0.1, -0.05) is 91.3 Å². The summed E-state index contributed by atoms with van der Waals surface area (Å²) in [4.78, 5) is 20.8. The minimum atomic E-state index is -0.624. The number of aromatic amines is 1. The quantitative estimate of drug-likeness (QED) is 0.0854. The molecule has 1 aromatic heterocycles. The average molecular weight is 697 g/mol. The van der Waals surface area contributed by atoms with Crippen LogP contribution < -0.4 is 4.74 Å². The van der Waals surface area contributed by atoms with Crippen molar-refractivity contribution in [1.29, 1.82) is 0 Å². The molecule has 4 aromatic carbocycles. The highest BCUT2D eigenvalue weighted by Gasteiger charge is 2.42. The van der Waals surface area contributed by atoms with Crippen molar-refractivity contribution in [3.05, 3.63) is 152 Å². The second-order valence-corrected chi connectivity index (χ2v) is 12.6. The number of imidazole rings is 1. The zero-order valence-corrected chi connectivity index (χ0v) is 27.3. The molecule has 0 fully saturated rings. The summed E-state index contributed by atoms with van der Waals surface area (Å²) < 4.78 is 13.1. The Morgan fingerprint density at radius 2 is 1.70 bits per heavy atom. The summed E-state index contributed by atoms with van der Waals surface area (Å²) in [6.45, 7) is 4.65. The van der Waals surface area contributed by atoms with Gasteiger partial charge in [0.05, 0.1) is 6.61 Å². The van der Waals surface area contributed by atoms with E-state index in [1.54, 1.807) is 0 Å². The van der Waals surface area contributed by atoms with Crippen molar-refractivity contribution in [3.8, 4) is 5.75 Å². The Kier molecular flexibility index (Phi) is 9.17. The van der Waals surface area contributed by atoms with Crippen molar-refractivity contribution in [2.75, 3.05) is 6.61 Å². The van der Waals surface area contributed by atoms with Crippen LogP contribution in [0.4, 0.5) is 0 Å². The van der Waals surface area contributed by atoms with E-state index in [2.05, 4.69) is 119 Å². The highest BCUT2D eigenvalue weighted by atomic mass is 127. The van der Waals surface area contributed by atoms with Gasteiger partial charge in [0.25, 0.3) is 0 Å². The average Bonchev–Trinajstić information content (AvgIpc) is 3.68. The zero-order valence-electron chi connectivity index (χ0n) is 25.2. The predicted molar refractivity (Wildman–Crippen MR) is 182 cm³/mol. The molecule has 1 aliphatic carbocycles. The van der Waals surface area contributed by atoms with Crippen LogP contribution >= 0.6 is 22.6 Å². The summed E-state index contributed by atoms with van der Waals surface area (Å²) in [5.41, 5.74) is 7.41. The lowest BCUT2D eigenvalue weighted by Gasteiger charge is -2.35. The van der Waals surface area contributed by atoms with Crippen LogP contribution in [0.1, 0.15) is 77.2 Å². The van der Waals surface area contributed by atoms with Crippen LogP contribution in [0.2, 0.25) is 0 Å². The minimum absolute atomic E-state index is 0.120. The molecule has 1 N–H and O–H groups in total. The minimum Gasteiger partial charge on any atom is -0.493 e. The molecule has 0 spiro atoms. The molecule has 0 radical (unpaired) electrons. The van der Waals surface area contributed by atoms with E-state index in [-0.39, 0.29) is 12.1 Å². The van der Waals surface area contributed by atoms with Gasteiger partial charge in [-0.3, -0.25) is 4.79 Å². The SMILES string of the molecule is CCCC(=O)O[C@H]1CCc2cc(OCCc3cnc(C(c4ccccc4)(c4ccccc4)c4cc(C)ccc4I)[nH]3)ccc21. The maximum absolute atomic E-state index is 12.0. The molecule has 0 aliphatic heterocycles. The van der Waals surface area contributed by atoms with Gasteiger partial charge >= 0.3 is 5.97 Å². The van der Waals surface area contributed by atoms with Crippen LogP contribution in [0.5, 0.6) is 5.75 Å². The smallest absolute Gasteiger partial charge is 0.306 e. The maximum Gasteiger partial charge on any atom is 0.306 e. The van der Waals surface area contributed by atoms with Gasteiger partial charge in [0.2, 0.25) is 0 Å². The molecule has 1 heterocycles. The number of hydrogen-bond acceptors (Lipinski definition) is 4. The molecule has 0 saturated heterocycles. The van der Waals surface area contributed by atoms with Crippen LogP contribution in [-0.2, 0) is 27.8 Å². The Hall–Kier alpha value is -3.91. The topological polar surface area (TPSA) is 64.2 Å². The number of nitrogens with one attached hydrogen (secondary N) is 1. The number of H-pyrrole nitrogens is 1. The number of hydrogen-bond donors (Lipinski definition) is 1. The van der Waals surface area contributed by atoms with Gasteiger partial charge in [0, 0.05) is 28.3 Å². The van der Waals surface area contributed by atoms with Crippen molar-refractivity contribution >= 4 is 28.6 Å². The molecule has 0 amide bonds. The van der Waals surface area contributed by atoms with E-state index < -0.39 is 5.41 Å². The van der Waals surface area contributed by atoms with Gasteiger partial charge in [-0.25, -0.2) is 4.98 Å². The Morgan fingerprint density at radius 3 is 2.41 bits per heavy atom. The summed E-state index contributed by atoms with van der Waals surface area (Å²) in [6.07, 6.45) is 5.46. The van der Waals surface area contributed by atoms with Crippen LogP contribution in [0.3, 0.4) is 0 Å². The third kappa shape index (κ3) is 6.05. The van der Waals surface area contributed by atoms with Gasteiger partial charge < -0.3 is 14.5 Å². The van der Waals surface area contributed by atoms with E-state index >= 15 is 0 Å². The normalized spacial score (nSPS) is 14.3. The molecule has 0 saturated carbocycles. The predicted octanol–water partition coefficient (Wildman–Crippen LogP) is 8.66. The number of aromatic nitrogens is 2. The first-order valence-electron chi connectivity index (χ1n) is 15.4. The third-order valence-electron chi connectivity index (χ3n) is 8.43. The van der Waals surface area contributed by atoms with Crippen LogP contribution in [0, 0.1) is 10.5 Å². The standard InChI is InChI=1S/C38H37IN2O3/c1-3-10-36(42)44-35-20-16-27-24-31(17-18-32(27)35)43-22-21-30-25-40-37(41-30)38(28-11-6-4-7-12-28,29-13-8-5-9-14-29)33-23-26(2)15-19-34(33)39/h4-9,11-15,17-19,23-25,35H,3,10,16,20-22H2,1-2H3,(H,40,41)/t35-/m0/s1. The van der Waals surface area contributed by atoms with E-state index in [9.17, 15) is 4.79 Å².